The third-order valence-electron chi connectivity index (χ3n) is 4.45. The lowest BCUT2D eigenvalue weighted by atomic mass is 10.0. The van der Waals surface area contributed by atoms with Crippen LogP contribution < -0.4 is 5.32 Å². The largest absolute Gasteiger partial charge is 0.464 e. The molecular formula is C21H19F3N2O3. The van der Waals surface area contributed by atoms with Crippen LogP contribution >= 0.6 is 0 Å². The number of alkyl halides is 3. The molecular weight excluding hydrogens is 385 g/mol. The van der Waals surface area contributed by atoms with Crippen molar-refractivity contribution in [2.45, 2.75) is 25.6 Å². The maximum Gasteiger partial charge on any atom is 0.417 e. The van der Waals surface area contributed by atoms with Gasteiger partial charge in [-0.05, 0) is 30.7 Å². The van der Waals surface area contributed by atoms with Crippen molar-refractivity contribution >= 4 is 22.8 Å². The van der Waals surface area contributed by atoms with Crippen LogP contribution in [0, 0.1) is 0 Å². The lowest BCUT2D eigenvalue weighted by molar-refractivity contribution is -0.145. The quantitative estimate of drug-likeness (QED) is 0.608. The first kappa shape index (κ1) is 20.4. The fraction of sp³-hybridized carbons (Fsp3) is 0.238. The van der Waals surface area contributed by atoms with Crippen molar-refractivity contribution in [3.05, 3.63) is 71.4 Å². The van der Waals surface area contributed by atoms with Gasteiger partial charge in [0, 0.05) is 23.5 Å². The standard InChI is InChI=1S/C21H19F3N2O3/c1-2-29-20(28)18(11-13-12-25-17-10-6-4-7-14(13)17)26-19(27)15-8-3-5-9-16(15)21(22,23)24/h3-10,12,18,25H,2,11H2,1H3,(H,26,27). The molecule has 1 amide bonds. The minimum absolute atomic E-state index is 0.0722. The van der Waals surface area contributed by atoms with Gasteiger partial charge in [-0.1, -0.05) is 30.3 Å². The summed E-state index contributed by atoms with van der Waals surface area (Å²) in [6.07, 6.45) is -2.92. The molecule has 1 atom stereocenters. The Hall–Kier alpha value is -3.29. The average Bonchev–Trinajstić information content (AvgIpc) is 3.10. The number of hydrogen-bond acceptors (Lipinski definition) is 3. The topological polar surface area (TPSA) is 71.2 Å². The summed E-state index contributed by atoms with van der Waals surface area (Å²) in [5, 5.41) is 3.26. The molecule has 5 nitrogen and oxygen atoms in total. The molecule has 2 N–H and O–H groups in total. The van der Waals surface area contributed by atoms with Gasteiger partial charge in [0.05, 0.1) is 17.7 Å². The predicted octanol–water partition coefficient (Wildman–Crippen LogP) is 4.09. The van der Waals surface area contributed by atoms with E-state index in [1.165, 1.54) is 12.1 Å². The van der Waals surface area contributed by atoms with Crippen LogP contribution in [0.1, 0.15) is 28.4 Å². The van der Waals surface area contributed by atoms with Crippen LogP contribution in [0.4, 0.5) is 13.2 Å². The van der Waals surface area contributed by atoms with E-state index >= 15 is 0 Å². The number of carbonyl (C=O) groups excluding carboxylic acids is 2. The fourth-order valence-corrected chi connectivity index (χ4v) is 3.12. The van der Waals surface area contributed by atoms with Gasteiger partial charge in [0.15, 0.2) is 0 Å². The molecule has 29 heavy (non-hydrogen) atoms. The lowest BCUT2D eigenvalue weighted by Crippen LogP contribution is -2.43. The highest BCUT2D eigenvalue weighted by Crippen LogP contribution is 2.32. The lowest BCUT2D eigenvalue weighted by Gasteiger charge is -2.19. The van der Waals surface area contributed by atoms with Crippen molar-refractivity contribution in [1.82, 2.24) is 10.3 Å². The van der Waals surface area contributed by atoms with Gasteiger partial charge in [-0.15, -0.1) is 0 Å². The van der Waals surface area contributed by atoms with E-state index in [2.05, 4.69) is 10.3 Å². The number of aromatic nitrogens is 1. The molecule has 0 bridgehead atoms. The van der Waals surface area contributed by atoms with E-state index in [0.717, 1.165) is 28.6 Å². The first-order valence-corrected chi connectivity index (χ1v) is 9.00. The highest BCUT2D eigenvalue weighted by Gasteiger charge is 2.35. The van der Waals surface area contributed by atoms with E-state index in [9.17, 15) is 22.8 Å². The number of aromatic amines is 1. The maximum atomic E-state index is 13.2. The van der Waals surface area contributed by atoms with Crippen molar-refractivity contribution in [3.63, 3.8) is 0 Å². The number of H-pyrrole nitrogens is 1. The van der Waals surface area contributed by atoms with Gasteiger partial charge in [0.25, 0.3) is 5.91 Å². The molecule has 3 rings (SSSR count). The minimum Gasteiger partial charge on any atom is -0.464 e. The molecule has 1 aromatic heterocycles. The Morgan fingerprint density at radius 3 is 2.52 bits per heavy atom. The van der Waals surface area contributed by atoms with Crippen molar-refractivity contribution in [2.75, 3.05) is 6.61 Å². The van der Waals surface area contributed by atoms with Crippen LogP contribution in [0.5, 0.6) is 0 Å². The van der Waals surface area contributed by atoms with E-state index < -0.39 is 35.2 Å². The Kier molecular flexibility index (Phi) is 5.91. The number of hydrogen-bond donors (Lipinski definition) is 2. The van der Waals surface area contributed by atoms with Crippen LogP contribution in [0.3, 0.4) is 0 Å². The summed E-state index contributed by atoms with van der Waals surface area (Å²) in [6.45, 7) is 1.69. The first-order chi connectivity index (χ1) is 13.8. The number of carbonyl (C=O) groups is 2. The third-order valence-corrected chi connectivity index (χ3v) is 4.45. The molecule has 0 radical (unpaired) electrons. The number of amides is 1. The molecule has 0 spiro atoms. The van der Waals surface area contributed by atoms with E-state index in [0.29, 0.717) is 0 Å². The molecule has 152 valence electrons. The molecule has 1 heterocycles. The molecule has 0 aliphatic carbocycles. The van der Waals surface area contributed by atoms with Gasteiger partial charge in [-0.25, -0.2) is 4.79 Å². The highest BCUT2D eigenvalue weighted by atomic mass is 19.4. The number of benzene rings is 2. The van der Waals surface area contributed by atoms with E-state index in [4.69, 9.17) is 4.74 Å². The summed E-state index contributed by atoms with van der Waals surface area (Å²) in [4.78, 5) is 28.0. The summed E-state index contributed by atoms with van der Waals surface area (Å²) >= 11 is 0. The monoisotopic (exact) mass is 404 g/mol. The van der Waals surface area contributed by atoms with Crippen molar-refractivity contribution < 1.29 is 27.5 Å². The maximum absolute atomic E-state index is 13.2. The number of nitrogens with one attached hydrogen (secondary N) is 2. The summed E-state index contributed by atoms with van der Waals surface area (Å²) in [5.41, 5.74) is -0.0256. The normalized spacial score (nSPS) is 12.6. The van der Waals surface area contributed by atoms with Gasteiger partial charge in [0.2, 0.25) is 0 Å². The zero-order valence-electron chi connectivity index (χ0n) is 15.5. The van der Waals surface area contributed by atoms with Crippen LogP contribution in [0.25, 0.3) is 10.9 Å². The molecule has 2 aromatic carbocycles. The SMILES string of the molecule is CCOC(=O)C(Cc1c[nH]c2ccccc12)NC(=O)c1ccccc1C(F)(F)F. The number of ether oxygens (including phenoxy) is 1. The minimum atomic E-state index is -4.69. The van der Waals surface area contributed by atoms with Gasteiger partial charge < -0.3 is 15.0 Å². The smallest absolute Gasteiger partial charge is 0.417 e. The zero-order valence-corrected chi connectivity index (χ0v) is 15.5. The Morgan fingerprint density at radius 1 is 1.10 bits per heavy atom. The molecule has 8 heteroatoms. The second kappa shape index (κ2) is 8.38. The van der Waals surface area contributed by atoms with Crippen LogP contribution in [-0.2, 0) is 22.1 Å². The van der Waals surface area contributed by atoms with E-state index in [1.807, 2.05) is 24.3 Å². The average molecular weight is 404 g/mol. The van der Waals surface area contributed by atoms with Gasteiger partial charge in [-0.2, -0.15) is 13.2 Å². The molecule has 3 aromatic rings. The first-order valence-electron chi connectivity index (χ1n) is 9.00. The van der Waals surface area contributed by atoms with Crippen molar-refractivity contribution in [3.8, 4) is 0 Å². The van der Waals surface area contributed by atoms with Gasteiger partial charge in [-0.3, -0.25) is 4.79 Å². The van der Waals surface area contributed by atoms with Crippen LogP contribution in [0.2, 0.25) is 0 Å². The number of fused-ring (bicyclic) bond motifs is 1. The molecule has 0 fully saturated rings. The van der Waals surface area contributed by atoms with E-state index in [1.54, 1.807) is 13.1 Å². The third kappa shape index (κ3) is 4.59. The Morgan fingerprint density at radius 2 is 1.79 bits per heavy atom. The number of para-hydroxylation sites is 1. The highest BCUT2D eigenvalue weighted by molar-refractivity contribution is 5.98. The number of rotatable bonds is 6. The number of halogens is 3. The van der Waals surface area contributed by atoms with Crippen LogP contribution in [-0.4, -0.2) is 29.5 Å². The Bertz CT molecular complexity index is 1030. The Balaban J connectivity index is 1.89. The molecule has 0 aliphatic heterocycles. The summed E-state index contributed by atoms with van der Waals surface area (Å²) < 4.78 is 44.7. The Labute approximate surface area is 164 Å². The van der Waals surface area contributed by atoms with Crippen LogP contribution in [0.15, 0.2) is 54.7 Å². The summed E-state index contributed by atoms with van der Waals surface area (Å²) in [6, 6.07) is 10.7. The molecule has 0 aliphatic rings. The van der Waals surface area contributed by atoms with Gasteiger partial charge >= 0.3 is 12.1 Å². The molecule has 0 saturated carbocycles. The van der Waals surface area contributed by atoms with E-state index in [-0.39, 0.29) is 13.0 Å². The predicted molar refractivity (Wildman–Crippen MR) is 101 cm³/mol. The number of esters is 1. The van der Waals surface area contributed by atoms with Crippen molar-refractivity contribution in [1.29, 1.82) is 0 Å². The second-order valence-electron chi connectivity index (χ2n) is 6.39. The zero-order chi connectivity index (χ0) is 21.0. The van der Waals surface area contributed by atoms with Gasteiger partial charge in [0.1, 0.15) is 6.04 Å². The molecule has 1 unspecified atom stereocenters. The van der Waals surface area contributed by atoms with Crippen molar-refractivity contribution in [2.24, 2.45) is 0 Å². The summed E-state index contributed by atoms with van der Waals surface area (Å²) in [5.74, 6) is -1.70. The summed E-state index contributed by atoms with van der Waals surface area (Å²) in [7, 11) is 0. The molecule has 0 saturated heterocycles. The fourth-order valence-electron chi connectivity index (χ4n) is 3.12. The second-order valence-corrected chi connectivity index (χ2v) is 6.39.